The van der Waals surface area contributed by atoms with E-state index in [2.05, 4.69) is 10.3 Å². The highest BCUT2D eigenvalue weighted by atomic mass is 35.5. The summed E-state index contributed by atoms with van der Waals surface area (Å²) in [6, 6.07) is 10.3. The van der Waals surface area contributed by atoms with E-state index in [9.17, 15) is 14.4 Å². The number of aromatic amines is 1. The number of benzene rings is 1. The molecule has 0 spiro atoms. The van der Waals surface area contributed by atoms with Crippen LogP contribution in [0.4, 0.5) is 5.69 Å². The molecule has 0 fully saturated rings. The molecule has 2 N–H and O–H groups in total. The van der Waals surface area contributed by atoms with Crippen LogP contribution < -0.4 is 16.6 Å². The summed E-state index contributed by atoms with van der Waals surface area (Å²) in [5.41, 5.74) is -0.995. The van der Waals surface area contributed by atoms with Crippen molar-refractivity contribution in [3.63, 3.8) is 0 Å². The fourth-order valence-corrected chi connectivity index (χ4v) is 3.00. The average Bonchev–Trinajstić information content (AvgIpc) is 3.06. The predicted molar refractivity (Wildman–Crippen MR) is 94.1 cm³/mol. The van der Waals surface area contributed by atoms with Gasteiger partial charge in [0.25, 0.3) is 11.5 Å². The topological polar surface area (TPSA) is 84.0 Å². The number of aromatic nitrogens is 2. The maximum Gasteiger partial charge on any atom is 0.328 e. The summed E-state index contributed by atoms with van der Waals surface area (Å²) >= 11 is 7.42. The highest BCUT2D eigenvalue weighted by Crippen LogP contribution is 2.20. The smallest absolute Gasteiger partial charge is 0.320 e. The number of nitrogens with one attached hydrogen (secondary N) is 2. The van der Waals surface area contributed by atoms with E-state index >= 15 is 0 Å². The summed E-state index contributed by atoms with van der Waals surface area (Å²) in [6.07, 6.45) is 1.11. The molecule has 122 valence electrons. The van der Waals surface area contributed by atoms with Crippen LogP contribution in [0.15, 0.2) is 57.6 Å². The Labute approximate surface area is 145 Å². The van der Waals surface area contributed by atoms with Crippen molar-refractivity contribution in [1.29, 1.82) is 0 Å². The number of H-pyrrole nitrogens is 1. The Kier molecular flexibility index (Phi) is 4.64. The molecular formula is C16H12ClN3O3S. The van der Waals surface area contributed by atoms with Crippen molar-refractivity contribution in [2.75, 3.05) is 5.32 Å². The number of rotatable bonds is 4. The normalized spacial score (nSPS) is 10.5. The molecule has 1 amide bonds. The first kappa shape index (κ1) is 16.2. The molecule has 8 heteroatoms. The van der Waals surface area contributed by atoms with Gasteiger partial charge < -0.3 is 10.3 Å². The molecular weight excluding hydrogens is 350 g/mol. The quantitative estimate of drug-likeness (QED) is 0.749. The first-order valence-electron chi connectivity index (χ1n) is 6.97. The molecule has 0 aliphatic heterocycles. The fourth-order valence-electron chi connectivity index (χ4n) is 2.13. The van der Waals surface area contributed by atoms with Crippen molar-refractivity contribution >= 4 is 34.5 Å². The SMILES string of the molecule is O=C(Nc1ccccc1Cl)c1c[nH]c(=O)n(Cc2cccs2)c1=O. The molecule has 1 aromatic carbocycles. The number of halogens is 1. The number of amides is 1. The molecule has 0 bridgehead atoms. The first-order valence-corrected chi connectivity index (χ1v) is 8.23. The summed E-state index contributed by atoms with van der Waals surface area (Å²) < 4.78 is 0.993. The number of hydrogen-bond donors (Lipinski definition) is 2. The Hall–Kier alpha value is -2.64. The number of para-hydroxylation sites is 1. The molecule has 0 aliphatic rings. The maximum absolute atomic E-state index is 12.5. The lowest BCUT2D eigenvalue weighted by atomic mass is 10.2. The Balaban J connectivity index is 1.94. The van der Waals surface area contributed by atoms with Crippen LogP contribution in [0.1, 0.15) is 15.2 Å². The lowest BCUT2D eigenvalue weighted by Gasteiger charge is -2.08. The Morgan fingerprint density at radius 3 is 2.71 bits per heavy atom. The second-order valence-corrected chi connectivity index (χ2v) is 6.35. The third-order valence-electron chi connectivity index (χ3n) is 3.32. The lowest BCUT2D eigenvalue weighted by Crippen LogP contribution is -2.39. The Morgan fingerprint density at radius 2 is 2.00 bits per heavy atom. The summed E-state index contributed by atoms with van der Waals surface area (Å²) in [7, 11) is 0. The van der Waals surface area contributed by atoms with Crippen molar-refractivity contribution in [1.82, 2.24) is 9.55 Å². The van der Waals surface area contributed by atoms with Crippen LogP contribution in [-0.4, -0.2) is 15.5 Å². The van der Waals surface area contributed by atoms with E-state index in [1.165, 1.54) is 11.3 Å². The van der Waals surface area contributed by atoms with Gasteiger partial charge in [-0.3, -0.25) is 14.2 Å². The van der Waals surface area contributed by atoms with Gasteiger partial charge in [-0.15, -0.1) is 11.3 Å². The molecule has 0 saturated heterocycles. The third kappa shape index (κ3) is 3.32. The molecule has 2 heterocycles. The minimum atomic E-state index is -0.656. The second kappa shape index (κ2) is 6.86. The van der Waals surface area contributed by atoms with Gasteiger partial charge in [0.05, 0.1) is 17.3 Å². The van der Waals surface area contributed by atoms with Gasteiger partial charge in [-0.05, 0) is 23.6 Å². The largest absolute Gasteiger partial charge is 0.328 e. The fraction of sp³-hybridized carbons (Fsp3) is 0.0625. The monoisotopic (exact) mass is 361 g/mol. The van der Waals surface area contributed by atoms with Crippen LogP contribution in [0.5, 0.6) is 0 Å². The van der Waals surface area contributed by atoms with Gasteiger partial charge in [-0.1, -0.05) is 29.8 Å². The summed E-state index contributed by atoms with van der Waals surface area (Å²) in [6.45, 7) is 0.110. The van der Waals surface area contributed by atoms with E-state index in [0.717, 1.165) is 15.6 Å². The second-order valence-electron chi connectivity index (χ2n) is 4.91. The number of thiophene rings is 1. The van der Waals surface area contributed by atoms with Gasteiger partial charge in [0, 0.05) is 11.1 Å². The van der Waals surface area contributed by atoms with Crippen LogP contribution in [-0.2, 0) is 6.54 Å². The minimum Gasteiger partial charge on any atom is -0.320 e. The van der Waals surface area contributed by atoms with E-state index in [4.69, 9.17) is 11.6 Å². The van der Waals surface area contributed by atoms with Crippen molar-refractivity contribution in [3.8, 4) is 0 Å². The average molecular weight is 362 g/mol. The molecule has 6 nitrogen and oxygen atoms in total. The number of nitrogens with zero attached hydrogens (tertiary/aromatic N) is 1. The van der Waals surface area contributed by atoms with Crippen molar-refractivity contribution in [3.05, 3.63) is 84.3 Å². The lowest BCUT2D eigenvalue weighted by molar-refractivity contribution is 0.102. The molecule has 0 radical (unpaired) electrons. The van der Waals surface area contributed by atoms with E-state index in [1.807, 2.05) is 17.5 Å². The van der Waals surface area contributed by atoms with Gasteiger partial charge >= 0.3 is 5.69 Å². The van der Waals surface area contributed by atoms with Crippen molar-refractivity contribution < 1.29 is 4.79 Å². The van der Waals surface area contributed by atoms with Crippen molar-refractivity contribution in [2.24, 2.45) is 0 Å². The van der Waals surface area contributed by atoms with Gasteiger partial charge in [-0.25, -0.2) is 4.79 Å². The molecule has 0 saturated carbocycles. The van der Waals surface area contributed by atoms with E-state index in [1.54, 1.807) is 24.3 Å². The molecule has 0 unspecified atom stereocenters. The zero-order valence-electron chi connectivity index (χ0n) is 12.3. The molecule has 2 aromatic heterocycles. The van der Waals surface area contributed by atoms with Gasteiger partial charge in [0.2, 0.25) is 0 Å². The third-order valence-corrected chi connectivity index (χ3v) is 4.51. The van der Waals surface area contributed by atoms with Crippen LogP contribution in [0, 0.1) is 0 Å². The molecule has 24 heavy (non-hydrogen) atoms. The van der Waals surface area contributed by atoms with E-state index < -0.39 is 17.2 Å². The standard InChI is InChI=1S/C16H12ClN3O3S/c17-12-5-1-2-6-13(12)19-14(21)11-8-18-16(23)20(15(11)22)9-10-4-3-7-24-10/h1-8H,9H2,(H,18,23)(H,19,21). The highest BCUT2D eigenvalue weighted by Gasteiger charge is 2.16. The van der Waals surface area contributed by atoms with E-state index in [-0.39, 0.29) is 12.1 Å². The number of carbonyl (C=O) groups is 1. The summed E-state index contributed by atoms with van der Waals surface area (Å²) in [4.78, 5) is 40.0. The van der Waals surface area contributed by atoms with Crippen LogP contribution in [0.3, 0.4) is 0 Å². The van der Waals surface area contributed by atoms with Gasteiger partial charge in [0.15, 0.2) is 0 Å². The van der Waals surface area contributed by atoms with Gasteiger partial charge in [-0.2, -0.15) is 0 Å². The zero-order chi connectivity index (χ0) is 17.1. The van der Waals surface area contributed by atoms with Gasteiger partial charge in [0.1, 0.15) is 5.56 Å². The Bertz CT molecular complexity index is 992. The minimum absolute atomic E-state index is 0.110. The Morgan fingerprint density at radius 1 is 1.21 bits per heavy atom. The van der Waals surface area contributed by atoms with Crippen LogP contribution in [0.25, 0.3) is 0 Å². The maximum atomic E-state index is 12.5. The predicted octanol–water partition coefficient (Wildman–Crippen LogP) is 2.55. The van der Waals surface area contributed by atoms with Crippen LogP contribution >= 0.6 is 22.9 Å². The first-order chi connectivity index (χ1) is 11.6. The zero-order valence-corrected chi connectivity index (χ0v) is 13.9. The summed E-state index contributed by atoms with van der Waals surface area (Å²) in [5.74, 6) is -0.635. The highest BCUT2D eigenvalue weighted by molar-refractivity contribution is 7.09. The summed E-state index contributed by atoms with van der Waals surface area (Å²) in [5, 5.41) is 4.77. The number of carbonyl (C=O) groups excluding carboxylic acids is 1. The molecule has 0 aliphatic carbocycles. The molecule has 3 rings (SSSR count). The number of anilines is 1. The van der Waals surface area contributed by atoms with Crippen molar-refractivity contribution in [2.45, 2.75) is 6.54 Å². The van der Waals surface area contributed by atoms with E-state index in [0.29, 0.717) is 10.7 Å². The molecule has 0 atom stereocenters. The van der Waals surface area contributed by atoms with Crippen LogP contribution in [0.2, 0.25) is 5.02 Å². The molecule has 3 aromatic rings. The number of hydrogen-bond acceptors (Lipinski definition) is 4.